The van der Waals surface area contributed by atoms with Gasteiger partial charge in [0, 0.05) is 34.1 Å². The summed E-state index contributed by atoms with van der Waals surface area (Å²) in [5.41, 5.74) is 20.7. The Morgan fingerprint density at radius 2 is 0.667 bits per heavy atom. The molecular weight excluding hydrogens is 797 g/mol. The molecule has 0 saturated carbocycles. The molecule has 66 heavy (non-hydrogen) atoms. The lowest BCUT2D eigenvalue weighted by molar-refractivity contribution is 0.667. The number of benzene rings is 8. The van der Waals surface area contributed by atoms with E-state index >= 15 is 0 Å². The normalized spacial score (nSPS) is 12.2. The summed E-state index contributed by atoms with van der Waals surface area (Å²) in [6, 6.07) is 73.1. The van der Waals surface area contributed by atoms with E-state index in [0.717, 1.165) is 38.5 Å². The van der Waals surface area contributed by atoms with Crippen LogP contribution < -0.4 is 9.80 Å². The summed E-state index contributed by atoms with van der Waals surface area (Å²) in [5.74, 6) is 0. The Hall–Kier alpha value is -6.64. The van der Waals surface area contributed by atoms with E-state index in [2.05, 4.69) is 218 Å². The van der Waals surface area contributed by atoms with Gasteiger partial charge in [0.15, 0.2) is 0 Å². The highest BCUT2D eigenvalue weighted by molar-refractivity contribution is 5.81. The van der Waals surface area contributed by atoms with Crippen LogP contribution in [0.25, 0.3) is 22.3 Å². The van der Waals surface area contributed by atoms with Crippen LogP contribution in [0.1, 0.15) is 98.6 Å². The summed E-state index contributed by atoms with van der Waals surface area (Å²) in [6.07, 6.45) is 16.5. The molecule has 0 spiro atoms. The van der Waals surface area contributed by atoms with Gasteiger partial charge < -0.3 is 9.80 Å². The molecule has 0 aliphatic heterocycles. The van der Waals surface area contributed by atoms with Gasteiger partial charge >= 0.3 is 0 Å². The molecule has 4 aliphatic carbocycles. The molecule has 4 aliphatic rings. The predicted molar refractivity (Wildman–Crippen MR) is 284 cm³/mol. The zero-order valence-electron chi connectivity index (χ0n) is 39.3. The average Bonchev–Trinajstić information content (AvgIpc) is 3.37. The largest absolute Gasteiger partial charge is 0.311 e. The van der Waals surface area contributed by atoms with E-state index in [1.54, 1.807) is 0 Å². The third kappa shape index (κ3) is 10.9. The van der Waals surface area contributed by atoms with Gasteiger partial charge in [0.1, 0.15) is 0 Å². The number of hydrogen-bond donors (Lipinski definition) is 0. The van der Waals surface area contributed by atoms with Crippen LogP contribution in [-0.2, 0) is 38.5 Å². The first-order valence-electron chi connectivity index (χ1n) is 25.0. The van der Waals surface area contributed by atoms with Crippen LogP contribution in [0.2, 0.25) is 0 Å². The summed E-state index contributed by atoms with van der Waals surface area (Å²) in [7, 11) is 0. The van der Waals surface area contributed by atoms with Gasteiger partial charge in [0.25, 0.3) is 0 Å². The Kier molecular flexibility index (Phi) is 14.9. The summed E-state index contributed by atoms with van der Waals surface area (Å²) in [6.45, 7) is 4.56. The van der Waals surface area contributed by atoms with E-state index in [1.165, 1.54) is 141 Å². The second-order valence-electron chi connectivity index (χ2n) is 18.4. The van der Waals surface area contributed by atoms with Crippen molar-refractivity contribution in [2.45, 2.75) is 104 Å². The van der Waals surface area contributed by atoms with E-state index < -0.39 is 0 Å². The molecule has 8 aromatic rings. The van der Waals surface area contributed by atoms with Crippen molar-refractivity contribution in [3.63, 3.8) is 0 Å². The standard InChI is InChI=1S/C64H66N2/c1-3-5-7-11-17-49-27-39-59(40-28-49)65(57-19-13-9-14-20-57)61-43-35-55(36-44-61)63-47-51-23-31-53(63)33-25-52-24-32-54(34-26-51)64(48-52)56-37-45-62(46-38-56)66(58-21-15-10-16-22-58)60-41-29-50(30-42-60)18-12-8-6-4-2/h9-10,13-16,19-24,27-32,35-48H,3-8,11-12,17-18,25-26,33-34H2,1-2H3. The van der Waals surface area contributed by atoms with Gasteiger partial charge in [-0.2, -0.15) is 0 Å². The van der Waals surface area contributed by atoms with E-state index in [9.17, 15) is 0 Å². The number of nitrogens with zero attached hydrogens (tertiary/aromatic N) is 2. The van der Waals surface area contributed by atoms with E-state index in [4.69, 9.17) is 0 Å². The highest BCUT2D eigenvalue weighted by Gasteiger charge is 2.17. The maximum atomic E-state index is 2.47. The van der Waals surface area contributed by atoms with Gasteiger partial charge in [-0.25, -0.2) is 0 Å². The number of rotatable bonds is 18. The van der Waals surface area contributed by atoms with E-state index in [-0.39, 0.29) is 0 Å². The molecule has 4 bridgehead atoms. The summed E-state index contributed by atoms with van der Waals surface area (Å²) in [5, 5.41) is 0. The number of unbranched alkanes of at least 4 members (excludes halogenated alkanes) is 6. The summed E-state index contributed by atoms with van der Waals surface area (Å²) >= 11 is 0. The Bertz CT molecular complexity index is 2540. The number of hydrogen-bond acceptors (Lipinski definition) is 2. The van der Waals surface area contributed by atoms with Gasteiger partial charge in [-0.15, -0.1) is 0 Å². The summed E-state index contributed by atoms with van der Waals surface area (Å²) < 4.78 is 0. The second-order valence-corrected chi connectivity index (χ2v) is 18.4. The van der Waals surface area contributed by atoms with E-state index in [0.29, 0.717) is 0 Å². The molecule has 0 N–H and O–H groups in total. The molecule has 0 fully saturated rings. The first-order chi connectivity index (χ1) is 32.6. The number of aryl methyl sites for hydroxylation is 6. The van der Waals surface area contributed by atoms with Gasteiger partial charge in [-0.1, -0.05) is 174 Å². The molecule has 0 heterocycles. The first-order valence-corrected chi connectivity index (χ1v) is 25.0. The number of anilines is 6. The van der Waals surface area contributed by atoms with Crippen LogP contribution in [0.15, 0.2) is 194 Å². The molecule has 2 heteroatoms. The fourth-order valence-electron chi connectivity index (χ4n) is 9.85. The van der Waals surface area contributed by atoms with Crippen molar-refractivity contribution in [3.05, 3.63) is 228 Å². The zero-order valence-corrected chi connectivity index (χ0v) is 39.3. The second kappa shape index (κ2) is 22.0. The molecule has 0 saturated heterocycles. The Labute approximate surface area is 395 Å². The van der Waals surface area contributed by atoms with Crippen LogP contribution in [0, 0.1) is 0 Å². The average molecular weight is 863 g/mol. The predicted octanol–water partition coefficient (Wildman–Crippen LogP) is 18.1. The van der Waals surface area contributed by atoms with Crippen molar-refractivity contribution in [3.8, 4) is 22.3 Å². The maximum absolute atomic E-state index is 2.47. The zero-order chi connectivity index (χ0) is 44.9. The lowest BCUT2D eigenvalue weighted by Crippen LogP contribution is -2.10. The lowest BCUT2D eigenvalue weighted by atomic mass is 9.87. The quantitative estimate of drug-likeness (QED) is 0.0793. The Morgan fingerprint density at radius 3 is 1.03 bits per heavy atom. The molecule has 0 aromatic heterocycles. The molecule has 12 rings (SSSR count). The molecule has 0 unspecified atom stereocenters. The molecule has 2 nitrogen and oxygen atoms in total. The summed E-state index contributed by atoms with van der Waals surface area (Å²) in [4.78, 5) is 4.77. The maximum Gasteiger partial charge on any atom is 0.0462 e. The Balaban J connectivity index is 0.938. The van der Waals surface area contributed by atoms with Crippen molar-refractivity contribution >= 4 is 34.1 Å². The van der Waals surface area contributed by atoms with Crippen molar-refractivity contribution in [1.82, 2.24) is 0 Å². The fraction of sp³-hybridized carbons (Fsp3) is 0.250. The minimum Gasteiger partial charge on any atom is -0.311 e. The van der Waals surface area contributed by atoms with Crippen molar-refractivity contribution in [2.75, 3.05) is 9.80 Å². The van der Waals surface area contributed by atoms with Gasteiger partial charge in [0.2, 0.25) is 0 Å². The van der Waals surface area contributed by atoms with Crippen LogP contribution in [0.5, 0.6) is 0 Å². The highest BCUT2D eigenvalue weighted by Crippen LogP contribution is 2.39. The van der Waals surface area contributed by atoms with Crippen molar-refractivity contribution in [1.29, 1.82) is 0 Å². The van der Waals surface area contributed by atoms with Crippen LogP contribution in [0.3, 0.4) is 0 Å². The molecule has 332 valence electrons. The van der Waals surface area contributed by atoms with Crippen LogP contribution in [-0.4, -0.2) is 0 Å². The molecule has 0 radical (unpaired) electrons. The van der Waals surface area contributed by atoms with Crippen molar-refractivity contribution in [2.24, 2.45) is 0 Å². The third-order valence-corrected chi connectivity index (χ3v) is 13.6. The third-order valence-electron chi connectivity index (χ3n) is 13.6. The van der Waals surface area contributed by atoms with Gasteiger partial charge in [0.05, 0.1) is 0 Å². The molecule has 0 amide bonds. The minimum atomic E-state index is 0.986. The SMILES string of the molecule is CCCCCCc1ccc(N(c2ccccc2)c2ccc(-c3cc4ccc3CCc3ccc(c(-c5ccc(N(c6ccccc6)c6ccc(CCCCCC)cc6)cc5)c3)CC4)cc2)cc1. The lowest BCUT2D eigenvalue weighted by Gasteiger charge is -2.26. The smallest absolute Gasteiger partial charge is 0.0462 e. The molecule has 0 atom stereocenters. The Morgan fingerprint density at radius 1 is 0.318 bits per heavy atom. The fourth-order valence-corrected chi connectivity index (χ4v) is 9.85. The van der Waals surface area contributed by atoms with Crippen LogP contribution >= 0.6 is 0 Å². The van der Waals surface area contributed by atoms with Crippen molar-refractivity contribution < 1.29 is 0 Å². The van der Waals surface area contributed by atoms with Gasteiger partial charge in [-0.3, -0.25) is 0 Å². The van der Waals surface area contributed by atoms with E-state index in [1.807, 2.05) is 0 Å². The molecule has 8 aromatic carbocycles. The van der Waals surface area contributed by atoms with Gasteiger partial charge in [-0.05, 0) is 180 Å². The van der Waals surface area contributed by atoms with Crippen LogP contribution in [0.4, 0.5) is 34.1 Å². The monoisotopic (exact) mass is 863 g/mol. The first kappa shape index (κ1) is 44.6. The minimum absolute atomic E-state index is 0.986. The highest BCUT2D eigenvalue weighted by atomic mass is 15.1. The topological polar surface area (TPSA) is 6.48 Å². The number of para-hydroxylation sites is 2. The molecular formula is C64H66N2.